The highest BCUT2D eigenvalue weighted by atomic mass is 16.5. The minimum absolute atomic E-state index is 0.623. The van der Waals surface area contributed by atoms with Crippen LogP contribution in [0, 0.1) is 0 Å². The first-order chi connectivity index (χ1) is 16.3. The molecule has 0 bridgehead atoms. The van der Waals surface area contributed by atoms with Crippen LogP contribution < -0.4 is 10.3 Å². The van der Waals surface area contributed by atoms with E-state index >= 15 is 0 Å². The largest absolute Gasteiger partial charge is 0.455 e. The molecular formula is C24H21N7O2. The lowest BCUT2D eigenvalue weighted by atomic mass is 10.2. The molecule has 0 amide bonds. The van der Waals surface area contributed by atoms with E-state index in [9.17, 15) is 0 Å². The Kier molecular flexibility index (Phi) is 4.93. The topological polar surface area (TPSA) is 93.1 Å². The minimum Gasteiger partial charge on any atom is -0.455 e. The zero-order chi connectivity index (χ0) is 22.0. The zero-order valence-electron chi connectivity index (χ0n) is 17.8. The summed E-state index contributed by atoms with van der Waals surface area (Å²) in [4.78, 5) is 11.1. The molecule has 0 aliphatic carbocycles. The van der Waals surface area contributed by atoms with Crippen LogP contribution in [0.15, 0.2) is 76.5 Å². The number of anilines is 2. The van der Waals surface area contributed by atoms with Gasteiger partial charge < -0.3 is 14.1 Å². The molecule has 33 heavy (non-hydrogen) atoms. The number of hydrazone groups is 1. The van der Waals surface area contributed by atoms with Gasteiger partial charge in [-0.3, -0.25) is 10.4 Å². The third-order valence-corrected chi connectivity index (χ3v) is 5.54. The lowest BCUT2D eigenvalue weighted by molar-refractivity contribution is 0.122. The fourth-order valence-corrected chi connectivity index (χ4v) is 3.93. The van der Waals surface area contributed by atoms with Crippen molar-refractivity contribution in [3.05, 3.63) is 72.8 Å². The Hall–Kier alpha value is -4.24. The molecule has 5 heterocycles. The highest BCUT2D eigenvalue weighted by Crippen LogP contribution is 2.25. The standard InChI is InChI=1S/C24H21N7O2/c1-2-4-21-18(3-1)13-19(33-21)16-26-28-22-15-24(30-9-11-32-12-10-30)31-23(27-22)14-20(29-31)17-5-7-25-8-6-17/h1-8,13-16H,9-12H2,(H,27,28)/b26-16+. The summed E-state index contributed by atoms with van der Waals surface area (Å²) in [6, 6.07) is 17.6. The van der Waals surface area contributed by atoms with Crippen LogP contribution in [0.25, 0.3) is 27.9 Å². The van der Waals surface area contributed by atoms with Crippen LogP contribution >= 0.6 is 0 Å². The molecule has 0 saturated carbocycles. The molecule has 1 aromatic carbocycles. The molecule has 9 nitrogen and oxygen atoms in total. The van der Waals surface area contributed by atoms with Gasteiger partial charge in [-0.15, -0.1) is 0 Å². The Morgan fingerprint density at radius 3 is 2.70 bits per heavy atom. The van der Waals surface area contributed by atoms with Gasteiger partial charge in [0.1, 0.15) is 17.2 Å². The second kappa shape index (κ2) is 8.36. The third kappa shape index (κ3) is 3.90. The predicted molar refractivity (Wildman–Crippen MR) is 127 cm³/mol. The van der Waals surface area contributed by atoms with Gasteiger partial charge >= 0.3 is 0 Å². The average molecular weight is 439 g/mol. The lowest BCUT2D eigenvalue weighted by Gasteiger charge is -2.29. The third-order valence-electron chi connectivity index (χ3n) is 5.54. The van der Waals surface area contributed by atoms with Crippen LogP contribution in [0.5, 0.6) is 0 Å². The molecule has 0 spiro atoms. The van der Waals surface area contributed by atoms with E-state index in [4.69, 9.17) is 19.2 Å². The first kappa shape index (κ1) is 19.4. The summed E-state index contributed by atoms with van der Waals surface area (Å²) in [6.45, 7) is 2.92. The number of rotatable bonds is 5. The van der Waals surface area contributed by atoms with Crippen LogP contribution in [0.2, 0.25) is 0 Å². The van der Waals surface area contributed by atoms with Crippen LogP contribution in [0.1, 0.15) is 5.76 Å². The van der Waals surface area contributed by atoms with Gasteiger partial charge in [0.05, 0.1) is 25.1 Å². The maximum atomic E-state index is 5.80. The van der Waals surface area contributed by atoms with Crippen molar-refractivity contribution in [2.45, 2.75) is 0 Å². The number of morpholine rings is 1. The van der Waals surface area contributed by atoms with E-state index in [0.717, 1.165) is 46.8 Å². The maximum absolute atomic E-state index is 5.80. The first-order valence-corrected chi connectivity index (χ1v) is 10.7. The summed E-state index contributed by atoms with van der Waals surface area (Å²) in [5.74, 6) is 2.23. The molecule has 164 valence electrons. The molecule has 1 aliphatic rings. The maximum Gasteiger partial charge on any atom is 0.160 e. The Morgan fingerprint density at radius 1 is 1.00 bits per heavy atom. The number of pyridine rings is 1. The molecular weight excluding hydrogens is 418 g/mol. The first-order valence-electron chi connectivity index (χ1n) is 10.7. The van der Waals surface area contributed by atoms with Crippen molar-refractivity contribution in [2.24, 2.45) is 5.10 Å². The number of nitrogens with one attached hydrogen (secondary N) is 1. The average Bonchev–Trinajstić information content (AvgIpc) is 3.48. The summed E-state index contributed by atoms with van der Waals surface area (Å²) in [6.07, 6.45) is 5.17. The zero-order valence-corrected chi connectivity index (χ0v) is 17.8. The predicted octanol–water partition coefficient (Wildman–Crippen LogP) is 3.82. The van der Waals surface area contributed by atoms with E-state index in [1.165, 1.54) is 0 Å². The molecule has 0 radical (unpaired) electrons. The van der Waals surface area contributed by atoms with Crippen molar-refractivity contribution in [3.63, 3.8) is 0 Å². The summed E-state index contributed by atoms with van der Waals surface area (Å²) in [5.41, 5.74) is 6.43. The monoisotopic (exact) mass is 439 g/mol. The van der Waals surface area contributed by atoms with Gasteiger partial charge in [-0.1, -0.05) is 18.2 Å². The number of aromatic nitrogens is 4. The molecule has 1 saturated heterocycles. The van der Waals surface area contributed by atoms with Crippen LogP contribution in [0.3, 0.4) is 0 Å². The summed E-state index contributed by atoms with van der Waals surface area (Å²) < 4.78 is 13.2. The number of hydrogen-bond donors (Lipinski definition) is 1. The highest BCUT2D eigenvalue weighted by molar-refractivity contribution is 5.87. The molecule has 1 N–H and O–H groups in total. The van der Waals surface area contributed by atoms with E-state index in [-0.39, 0.29) is 0 Å². The number of hydrogen-bond acceptors (Lipinski definition) is 8. The molecule has 5 aromatic rings. The van der Waals surface area contributed by atoms with E-state index in [1.54, 1.807) is 18.6 Å². The van der Waals surface area contributed by atoms with Gasteiger partial charge in [-0.05, 0) is 24.3 Å². The Labute approximate surface area is 189 Å². The fourth-order valence-electron chi connectivity index (χ4n) is 3.93. The van der Waals surface area contributed by atoms with Gasteiger partial charge in [-0.25, -0.2) is 4.98 Å². The van der Waals surface area contributed by atoms with Gasteiger partial charge in [0.2, 0.25) is 0 Å². The molecule has 9 heteroatoms. The van der Waals surface area contributed by atoms with Gasteiger partial charge in [-0.2, -0.15) is 14.7 Å². The Balaban J connectivity index is 1.34. The van der Waals surface area contributed by atoms with Gasteiger partial charge in [0.25, 0.3) is 0 Å². The highest BCUT2D eigenvalue weighted by Gasteiger charge is 2.18. The van der Waals surface area contributed by atoms with Crippen molar-refractivity contribution >= 4 is 34.5 Å². The lowest BCUT2D eigenvalue weighted by Crippen LogP contribution is -2.37. The van der Waals surface area contributed by atoms with Crippen molar-refractivity contribution in [2.75, 3.05) is 36.6 Å². The molecule has 1 aliphatic heterocycles. The van der Waals surface area contributed by atoms with Gasteiger partial charge in [0.15, 0.2) is 11.5 Å². The van der Waals surface area contributed by atoms with Crippen LogP contribution in [-0.4, -0.2) is 52.1 Å². The molecule has 0 atom stereocenters. The second-order valence-electron chi connectivity index (χ2n) is 7.69. The number of benzene rings is 1. The fraction of sp³-hybridized carbons (Fsp3) is 0.167. The quantitative estimate of drug-likeness (QED) is 0.329. The molecule has 6 rings (SSSR count). The van der Waals surface area contributed by atoms with E-state index in [2.05, 4.69) is 20.4 Å². The number of furan rings is 1. The number of ether oxygens (including phenoxy) is 1. The molecule has 1 fully saturated rings. The van der Waals surface area contributed by atoms with Crippen molar-refractivity contribution < 1.29 is 9.15 Å². The Morgan fingerprint density at radius 2 is 1.85 bits per heavy atom. The summed E-state index contributed by atoms with van der Waals surface area (Å²) in [5, 5.41) is 10.2. The molecule has 4 aromatic heterocycles. The second-order valence-corrected chi connectivity index (χ2v) is 7.69. The number of para-hydroxylation sites is 1. The SMILES string of the molecule is C(=N\Nc1cc(N2CCOCC2)n2nc(-c3ccncc3)cc2n1)/c1cc2ccccc2o1. The number of fused-ring (bicyclic) bond motifs is 2. The summed E-state index contributed by atoms with van der Waals surface area (Å²) in [7, 11) is 0. The van der Waals surface area contributed by atoms with E-state index < -0.39 is 0 Å². The van der Waals surface area contributed by atoms with Crippen LogP contribution in [-0.2, 0) is 4.74 Å². The van der Waals surface area contributed by atoms with Crippen molar-refractivity contribution in [1.29, 1.82) is 0 Å². The van der Waals surface area contributed by atoms with Crippen molar-refractivity contribution in [1.82, 2.24) is 19.6 Å². The smallest absolute Gasteiger partial charge is 0.160 e. The normalized spacial score (nSPS) is 14.5. The molecule has 0 unspecified atom stereocenters. The van der Waals surface area contributed by atoms with E-state index in [0.29, 0.717) is 24.8 Å². The van der Waals surface area contributed by atoms with E-state index in [1.807, 2.05) is 59.1 Å². The summed E-state index contributed by atoms with van der Waals surface area (Å²) >= 11 is 0. The Bertz CT molecular complexity index is 1400. The van der Waals surface area contributed by atoms with Crippen molar-refractivity contribution in [3.8, 4) is 11.3 Å². The number of nitrogens with zero attached hydrogens (tertiary/aromatic N) is 6. The van der Waals surface area contributed by atoms with Gasteiger partial charge in [0, 0.05) is 48.6 Å². The van der Waals surface area contributed by atoms with Crippen LogP contribution in [0.4, 0.5) is 11.6 Å². The minimum atomic E-state index is 0.623.